The molecule has 1 fully saturated rings. The molecule has 0 saturated carbocycles. The summed E-state index contributed by atoms with van der Waals surface area (Å²) in [5.41, 5.74) is 0.328. The van der Waals surface area contributed by atoms with E-state index in [1.54, 1.807) is 7.05 Å². The van der Waals surface area contributed by atoms with Gasteiger partial charge in [0.05, 0.1) is 17.9 Å². The molecule has 1 aliphatic heterocycles. The highest BCUT2D eigenvalue weighted by Gasteiger charge is 2.17. The van der Waals surface area contributed by atoms with Gasteiger partial charge in [-0.1, -0.05) is 0 Å². The number of amides is 1. The number of aryl methyl sites for hydroxylation is 1. The Morgan fingerprint density at radius 2 is 2.47 bits per heavy atom. The predicted octanol–water partition coefficient (Wildman–Crippen LogP) is -0.128. The Morgan fingerprint density at radius 3 is 3.11 bits per heavy atom. The van der Waals surface area contributed by atoms with Gasteiger partial charge in [-0.05, 0) is 12.8 Å². The summed E-state index contributed by atoms with van der Waals surface area (Å²) >= 11 is 0. The molecule has 0 bridgehead atoms. The van der Waals surface area contributed by atoms with E-state index in [1.165, 1.54) is 17.1 Å². The van der Waals surface area contributed by atoms with Gasteiger partial charge in [0.15, 0.2) is 6.61 Å². The normalized spacial score (nSPS) is 18.3. The highest BCUT2D eigenvalue weighted by molar-refractivity contribution is 5.90. The fourth-order valence-electron chi connectivity index (χ4n) is 1.83. The highest BCUT2D eigenvalue weighted by Crippen LogP contribution is 2.10. The standard InChI is InChI=1S/C12H17N3O4/c1-15-7-9(5-14-15)12(17)19-8-11(16)13-6-10-3-2-4-18-10/h5,7,10H,2-4,6,8H2,1H3,(H,13,16). The maximum atomic E-state index is 11.5. The lowest BCUT2D eigenvalue weighted by molar-refractivity contribution is -0.124. The molecule has 7 heteroatoms. The average Bonchev–Trinajstić information content (AvgIpc) is 3.04. The molecule has 2 rings (SSSR count). The molecule has 104 valence electrons. The number of hydrogen-bond donors (Lipinski definition) is 1. The van der Waals surface area contributed by atoms with Crippen LogP contribution in [0.4, 0.5) is 0 Å². The Kier molecular flexibility index (Phi) is 4.51. The van der Waals surface area contributed by atoms with Gasteiger partial charge in [-0.3, -0.25) is 9.48 Å². The van der Waals surface area contributed by atoms with Crippen molar-refractivity contribution < 1.29 is 19.1 Å². The second-order valence-corrected chi connectivity index (χ2v) is 4.42. The highest BCUT2D eigenvalue weighted by atomic mass is 16.5. The third-order valence-corrected chi connectivity index (χ3v) is 2.83. The van der Waals surface area contributed by atoms with Crippen LogP contribution in [-0.4, -0.2) is 47.5 Å². The molecule has 1 amide bonds. The van der Waals surface area contributed by atoms with Crippen LogP contribution >= 0.6 is 0 Å². The van der Waals surface area contributed by atoms with Crippen LogP contribution in [0.2, 0.25) is 0 Å². The van der Waals surface area contributed by atoms with Crippen molar-refractivity contribution >= 4 is 11.9 Å². The molecule has 1 aliphatic rings. The molecule has 0 aromatic carbocycles. The van der Waals surface area contributed by atoms with Gasteiger partial charge in [0.25, 0.3) is 5.91 Å². The molecule has 0 aliphatic carbocycles. The van der Waals surface area contributed by atoms with Crippen LogP contribution in [0.1, 0.15) is 23.2 Å². The van der Waals surface area contributed by atoms with E-state index in [0.717, 1.165) is 19.4 Å². The van der Waals surface area contributed by atoms with Crippen LogP contribution in [0, 0.1) is 0 Å². The molecular formula is C12H17N3O4. The van der Waals surface area contributed by atoms with Crippen LogP contribution in [0.3, 0.4) is 0 Å². The summed E-state index contributed by atoms with van der Waals surface area (Å²) in [6.45, 7) is 0.917. The number of rotatable bonds is 5. The summed E-state index contributed by atoms with van der Waals surface area (Å²) in [7, 11) is 1.70. The Morgan fingerprint density at radius 1 is 1.63 bits per heavy atom. The monoisotopic (exact) mass is 267 g/mol. The lowest BCUT2D eigenvalue weighted by atomic mass is 10.2. The Balaban J connectivity index is 1.66. The number of carbonyl (C=O) groups excluding carboxylic acids is 2. The number of nitrogens with one attached hydrogen (secondary N) is 1. The summed E-state index contributed by atoms with van der Waals surface area (Å²) < 4.78 is 11.7. The van der Waals surface area contributed by atoms with Crippen molar-refractivity contribution in [3.63, 3.8) is 0 Å². The minimum atomic E-state index is -0.555. The van der Waals surface area contributed by atoms with Crippen molar-refractivity contribution in [2.75, 3.05) is 19.8 Å². The smallest absolute Gasteiger partial charge is 0.341 e. The van der Waals surface area contributed by atoms with Gasteiger partial charge in [-0.2, -0.15) is 5.10 Å². The Labute approximate surface area is 110 Å². The summed E-state index contributed by atoms with van der Waals surface area (Å²) in [5.74, 6) is -0.881. The first-order chi connectivity index (χ1) is 9.15. The van der Waals surface area contributed by atoms with Crippen LogP contribution in [0.15, 0.2) is 12.4 Å². The van der Waals surface area contributed by atoms with Crippen LogP contribution < -0.4 is 5.32 Å². The van der Waals surface area contributed by atoms with Gasteiger partial charge in [0, 0.05) is 26.4 Å². The topological polar surface area (TPSA) is 82.5 Å². The zero-order valence-electron chi connectivity index (χ0n) is 10.8. The molecule has 1 aromatic rings. The first-order valence-electron chi connectivity index (χ1n) is 6.19. The molecule has 19 heavy (non-hydrogen) atoms. The third kappa shape index (κ3) is 4.06. The second kappa shape index (κ2) is 6.33. The second-order valence-electron chi connectivity index (χ2n) is 4.42. The summed E-state index contributed by atoms with van der Waals surface area (Å²) in [5, 5.41) is 6.53. The third-order valence-electron chi connectivity index (χ3n) is 2.83. The number of nitrogens with zero attached hydrogens (tertiary/aromatic N) is 2. The van der Waals surface area contributed by atoms with Crippen LogP contribution in [-0.2, 0) is 21.3 Å². The zero-order chi connectivity index (χ0) is 13.7. The minimum absolute atomic E-state index is 0.0815. The van der Waals surface area contributed by atoms with E-state index in [4.69, 9.17) is 9.47 Å². The van der Waals surface area contributed by atoms with Gasteiger partial charge in [0.1, 0.15) is 0 Å². The van der Waals surface area contributed by atoms with E-state index in [-0.39, 0.29) is 18.6 Å². The predicted molar refractivity (Wildman–Crippen MR) is 65.5 cm³/mol. The summed E-state index contributed by atoms with van der Waals surface area (Å²) in [4.78, 5) is 23.0. The van der Waals surface area contributed by atoms with Crippen molar-refractivity contribution in [1.82, 2.24) is 15.1 Å². The lowest BCUT2D eigenvalue weighted by Gasteiger charge is -2.10. The number of carbonyl (C=O) groups is 2. The van der Waals surface area contributed by atoms with E-state index in [1.807, 2.05) is 0 Å². The van der Waals surface area contributed by atoms with Gasteiger partial charge < -0.3 is 14.8 Å². The van der Waals surface area contributed by atoms with E-state index >= 15 is 0 Å². The minimum Gasteiger partial charge on any atom is -0.452 e. The molecule has 1 atom stereocenters. The van der Waals surface area contributed by atoms with Gasteiger partial charge in [0.2, 0.25) is 0 Å². The van der Waals surface area contributed by atoms with Gasteiger partial charge in [-0.25, -0.2) is 4.79 Å². The number of esters is 1. The number of aromatic nitrogens is 2. The van der Waals surface area contributed by atoms with Crippen molar-refractivity contribution in [3.05, 3.63) is 18.0 Å². The molecule has 0 spiro atoms. The van der Waals surface area contributed by atoms with E-state index in [0.29, 0.717) is 12.1 Å². The summed E-state index contributed by atoms with van der Waals surface area (Å²) in [6, 6.07) is 0. The van der Waals surface area contributed by atoms with Crippen molar-refractivity contribution in [2.24, 2.45) is 7.05 Å². The Bertz CT molecular complexity index is 452. The largest absolute Gasteiger partial charge is 0.452 e. The fraction of sp³-hybridized carbons (Fsp3) is 0.583. The van der Waals surface area contributed by atoms with Crippen LogP contribution in [0.25, 0.3) is 0 Å². The maximum absolute atomic E-state index is 11.5. The zero-order valence-corrected chi connectivity index (χ0v) is 10.8. The average molecular weight is 267 g/mol. The molecule has 0 radical (unpaired) electrons. The Hall–Kier alpha value is -1.89. The van der Waals surface area contributed by atoms with E-state index in [9.17, 15) is 9.59 Å². The fourth-order valence-corrected chi connectivity index (χ4v) is 1.83. The molecule has 7 nitrogen and oxygen atoms in total. The van der Waals surface area contributed by atoms with E-state index < -0.39 is 5.97 Å². The first kappa shape index (κ1) is 13.5. The molecule has 2 heterocycles. The molecule has 1 aromatic heterocycles. The molecule has 1 N–H and O–H groups in total. The van der Waals surface area contributed by atoms with Gasteiger partial charge >= 0.3 is 5.97 Å². The molecule has 1 unspecified atom stereocenters. The molecule has 1 saturated heterocycles. The van der Waals surface area contributed by atoms with Crippen molar-refractivity contribution in [3.8, 4) is 0 Å². The number of ether oxygens (including phenoxy) is 2. The lowest BCUT2D eigenvalue weighted by Crippen LogP contribution is -2.34. The van der Waals surface area contributed by atoms with Crippen LogP contribution in [0.5, 0.6) is 0 Å². The quantitative estimate of drug-likeness (QED) is 0.752. The van der Waals surface area contributed by atoms with Gasteiger partial charge in [-0.15, -0.1) is 0 Å². The van der Waals surface area contributed by atoms with Crippen molar-refractivity contribution in [1.29, 1.82) is 0 Å². The molecular weight excluding hydrogens is 250 g/mol. The first-order valence-corrected chi connectivity index (χ1v) is 6.19. The van der Waals surface area contributed by atoms with Crippen molar-refractivity contribution in [2.45, 2.75) is 18.9 Å². The SMILES string of the molecule is Cn1cc(C(=O)OCC(=O)NCC2CCCO2)cn1. The number of hydrogen-bond acceptors (Lipinski definition) is 5. The maximum Gasteiger partial charge on any atom is 0.341 e. The van der Waals surface area contributed by atoms with E-state index in [2.05, 4.69) is 10.4 Å². The summed E-state index contributed by atoms with van der Waals surface area (Å²) in [6.07, 6.45) is 4.99.